The first-order valence-electron chi connectivity index (χ1n) is 8.67. The Kier molecular flexibility index (Phi) is 11.9. The van der Waals surface area contributed by atoms with Gasteiger partial charge in [-0.25, -0.2) is 0 Å². The highest BCUT2D eigenvalue weighted by Gasteiger charge is 1.95. The molecule has 114 valence electrons. The number of rotatable bonds is 13. The summed E-state index contributed by atoms with van der Waals surface area (Å²) in [6, 6.07) is 0. The summed E-state index contributed by atoms with van der Waals surface area (Å²) >= 11 is 0. The average molecular weight is 280 g/mol. The molecule has 0 rings (SSSR count). The van der Waals surface area contributed by atoms with Crippen molar-refractivity contribution in [1.29, 1.82) is 0 Å². The van der Waals surface area contributed by atoms with E-state index < -0.39 is 12.3 Å². The molecule has 0 aliphatic carbocycles. The molecule has 0 aromatic rings. The van der Waals surface area contributed by atoms with E-state index in [2.05, 4.69) is 13.0 Å². The summed E-state index contributed by atoms with van der Waals surface area (Å²) in [7, 11) is 0. The topological polar surface area (TPSA) is 37.3 Å². The van der Waals surface area contributed by atoms with E-state index in [0.717, 1.165) is 44.9 Å². The molecule has 0 aliphatic rings. The highest BCUT2D eigenvalue weighted by atomic mass is 16.4. The van der Waals surface area contributed by atoms with Gasteiger partial charge in [0.15, 0.2) is 0 Å². The standard InChI is InChI=1S/C18H30O2/c1-2-3-4-5-6-7-8-9-10-11-12-13-14-15-16-17-18(19)20/h3-4,6-7,10-11H,2,5,8-9,12-17H2,1H3,(H,19,20)/b4-3-,7-6-,11-10-/i8D2. The first-order valence-corrected chi connectivity index (χ1v) is 7.67. The zero-order valence-electron chi connectivity index (χ0n) is 14.7. The maximum atomic E-state index is 10.3. The molecule has 0 spiro atoms. The first-order chi connectivity index (χ1) is 10.5. The molecule has 2 heteroatoms. The number of allylic oxidation sites excluding steroid dienone is 6. The summed E-state index contributed by atoms with van der Waals surface area (Å²) in [5.41, 5.74) is 0. The fourth-order valence-corrected chi connectivity index (χ4v) is 1.72. The number of aliphatic carboxylic acids is 1. The van der Waals surface area contributed by atoms with E-state index >= 15 is 0 Å². The molecule has 0 bridgehead atoms. The molecule has 0 aliphatic heterocycles. The second kappa shape index (κ2) is 15.7. The quantitative estimate of drug-likeness (QED) is 0.349. The van der Waals surface area contributed by atoms with E-state index in [-0.39, 0.29) is 6.42 Å². The lowest BCUT2D eigenvalue weighted by Crippen LogP contribution is -1.93. The Morgan fingerprint density at radius 2 is 1.65 bits per heavy atom. The predicted octanol–water partition coefficient (Wildman–Crippen LogP) is 5.66. The van der Waals surface area contributed by atoms with E-state index in [1.54, 1.807) is 6.08 Å². The van der Waals surface area contributed by atoms with Crippen molar-refractivity contribution in [2.75, 3.05) is 0 Å². The maximum absolute atomic E-state index is 10.3. The van der Waals surface area contributed by atoms with Gasteiger partial charge in [0.2, 0.25) is 0 Å². The number of hydrogen-bond acceptors (Lipinski definition) is 1. The van der Waals surface area contributed by atoms with Crippen molar-refractivity contribution in [3.8, 4) is 0 Å². The number of carboxylic acid groups (broad SMARTS) is 1. The smallest absolute Gasteiger partial charge is 0.303 e. The van der Waals surface area contributed by atoms with Gasteiger partial charge in [0.1, 0.15) is 0 Å². The lowest BCUT2D eigenvalue weighted by molar-refractivity contribution is -0.137. The van der Waals surface area contributed by atoms with Crippen LogP contribution >= 0.6 is 0 Å². The van der Waals surface area contributed by atoms with Gasteiger partial charge in [0, 0.05) is 9.16 Å². The normalized spacial score (nSPS) is 14.2. The summed E-state index contributed by atoms with van der Waals surface area (Å²) in [5.74, 6) is -0.722. The Bertz CT molecular complexity index is 371. The van der Waals surface area contributed by atoms with Crippen molar-refractivity contribution in [3.63, 3.8) is 0 Å². The molecule has 0 saturated heterocycles. The van der Waals surface area contributed by atoms with Gasteiger partial charge in [-0.3, -0.25) is 4.79 Å². The van der Waals surface area contributed by atoms with E-state index in [9.17, 15) is 4.79 Å². The molecule has 2 nitrogen and oxygen atoms in total. The summed E-state index contributed by atoms with van der Waals surface area (Å²) in [5, 5.41) is 8.51. The van der Waals surface area contributed by atoms with Crippen LogP contribution in [0.1, 0.15) is 73.8 Å². The van der Waals surface area contributed by atoms with Gasteiger partial charge in [-0.15, -0.1) is 0 Å². The Morgan fingerprint density at radius 1 is 0.950 bits per heavy atom. The molecule has 0 saturated carbocycles. The van der Waals surface area contributed by atoms with Gasteiger partial charge >= 0.3 is 5.97 Å². The van der Waals surface area contributed by atoms with Crippen molar-refractivity contribution in [2.24, 2.45) is 0 Å². The monoisotopic (exact) mass is 280 g/mol. The second-order valence-corrected chi connectivity index (χ2v) is 4.74. The van der Waals surface area contributed by atoms with Gasteiger partial charge in [0.05, 0.1) is 0 Å². The third kappa shape index (κ3) is 16.7. The lowest BCUT2D eigenvalue weighted by atomic mass is 10.1. The van der Waals surface area contributed by atoms with Crippen molar-refractivity contribution in [2.45, 2.75) is 71.1 Å². The second-order valence-electron chi connectivity index (χ2n) is 4.74. The van der Waals surface area contributed by atoms with Gasteiger partial charge in [0.25, 0.3) is 0 Å². The zero-order valence-corrected chi connectivity index (χ0v) is 12.7. The number of carbonyl (C=O) groups is 1. The third-order valence-corrected chi connectivity index (χ3v) is 2.82. The number of unbranched alkanes of at least 4 members (excludes halogenated alkanes) is 4. The van der Waals surface area contributed by atoms with Crippen molar-refractivity contribution < 1.29 is 12.6 Å². The van der Waals surface area contributed by atoms with Crippen molar-refractivity contribution >= 4 is 5.97 Å². The van der Waals surface area contributed by atoms with Gasteiger partial charge in [-0.1, -0.05) is 56.2 Å². The van der Waals surface area contributed by atoms with Crippen LogP contribution < -0.4 is 0 Å². The van der Waals surface area contributed by atoms with Crippen molar-refractivity contribution in [3.05, 3.63) is 36.5 Å². The Balaban J connectivity index is 3.68. The Hall–Kier alpha value is -1.31. The predicted molar refractivity (Wildman–Crippen MR) is 86.9 cm³/mol. The molecule has 0 atom stereocenters. The van der Waals surface area contributed by atoms with Crippen molar-refractivity contribution in [1.82, 2.24) is 0 Å². The molecular weight excluding hydrogens is 248 g/mol. The van der Waals surface area contributed by atoms with E-state index in [4.69, 9.17) is 7.85 Å². The molecule has 0 aromatic heterocycles. The van der Waals surface area contributed by atoms with E-state index in [0.29, 0.717) is 6.42 Å². The van der Waals surface area contributed by atoms with Crippen LogP contribution in [-0.4, -0.2) is 11.1 Å². The molecule has 0 amide bonds. The highest BCUT2D eigenvalue weighted by Crippen LogP contribution is 2.06. The molecule has 0 heterocycles. The molecular formula is C18H30O2. The van der Waals surface area contributed by atoms with Crippen LogP contribution in [0, 0.1) is 0 Å². The van der Waals surface area contributed by atoms with Crippen LogP contribution in [0.25, 0.3) is 0 Å². The van der Waals surface area contributed by atoms with Gasteiger partial charge in [-0.2, -0.15) is 0 Å². The maximum Gasteiger partial charge on any atom is 0.303 e. The molecule has 0 unspecified atom stereocenters. The van der Waals surface area contributed by atoms with Gasteiger partial charge in [-0.05, 0) is 44.9 Å². The zero-order chi connectivity index (χ0) is 16.7. The summed E-state index contributed by atoms with van der Waals surface area (Å²) < 4.78 is 15.7. The fourth-order valence-electron chi connectivity index (χ4n) is 1.72. The molecule has 0 fully saturated rings. The largest absolute Gasteiger partial charge is 0.481 e. The minimum absolute atomic E-state index is 0.260. The summed E-state index contributed by atoms with van der Waals surface area (Å²) in [4.78, 5) is 10.3. The van der Waals surface area contributed by atoms with Crippen LogP contribution in [0.5, 0.6) is 0 Å². The van der Waals surface area contributed by atoms with Crippen LogP contribution in [0.2, 0.25) is 0 Å². The minimum Gasteiger partial charge on any atom is -0.481 e. The molecule has 0 aromatic carbocycles. The van der Waals surface area contributed by atoms with Gasteiger partial charge < -0.3 is 5.11 Å². The minimum atomic E-state index is -1.28. The summed E-state index contributed by atoms with van der Waals surface area (Å²) in [6.07, 6.45) is 17.5. The molecule has 20 heavy (non-hydrogen) atoms. The van der Waals surface area contributed by atoms with Crippen LogP contribution in [-0.2, 0) is 4.79 Å². The van der Waals surface area contributed by atoms with Crippen LogP contribution in [0.3, 0.4) is 0 Å². The van der Waals surface area contributed by atoms with Crippen LogP contribution in [0.4, 0.5) is 0 Å². The Morgan fingerprint density at radius 3 is 2.40 bits per heavy atom. The summed E-state index contributed by atoms with van der Waals surface area (Å²) in [6.45, 7) is 2.08. The average Bonchev–Trinajstić information content (AvgIpc) is 2.45. The van der Waals surface area contributed by atoms with E-state index in [1.807, 2.05) is 24.3 Å². The number of carboxylic acids is 1. The van der Waals surface area contributed by atoms with Crippen LogP contribution in [0.15, 0.2) is 36.5 Å². The van der Waals surface area contributed by atoms with E-state index in [1.165, 1.54) is 0 Å². The molecule has 1 N–H and O–H groups in total. The lowest BCUT2D eigenvalue weighted by Gasteiger charge is -1.96. The fraction of sp³-hybridized carbons (Fsp3) is 0.611. The SMILES string of the molecule is [2H]C([2H])(/C=C\C/C=C\CC)C/C=C\CCCCCCC(=O)O. The Labute approximate surface area is 127 Å². The number of hydrogen-bond donors (Lipinski definition) is 1. The highest BCUT2D eigenvalue weighted by molar-refractivity contribution is 5.66. The third-order valence-electron chi connectivity index (χ3n) is 2.82. The molecule has 0 radical (unpaired) electrons. The first kappa shape index (κ1) is 15.1.